The predicted molar refractivity (Wildman–Crippen MR) is 88.1 cm³/mol. The quantitative estimate of drug-likeness (QED) is 0.379. The third kappa shape index (κ3) is 3.01. The van der Waals surface area contributed by atoms with E-state index in [4.69, 9.17) is 10.9 Å². The van der Waals surface area contributed by atoms with Gasteiger partial charge in [-0.2, -0.15) is 0 Å². The van der Waals surface area contributed by atoms with Gasteiger partial charge in [-0.05, 0) is 50.6 Å². The number of anilines is 1. The molecule has 6 heteroatoms. The molecule has 114 valence electrons. The molecule has 1 atom stereocenters. The van der Waals surface area contributed by atoms with E-state index in [0.29, 0.717) is 6.04 Å². The minimum Gasteiger partial charge on any atom is -0.409 e. The predicted octanol–water partition coefficient (Wildman–Crippen LogP) is 2.22. The fourth-order valence-corrected chi connectivity index (χ4v) is 3.75. The van der Waals surface area contributed by atoms with E-state index in [1.54, 1.807) is 0 Å². The van der Waals surface area contributed by atoms with Crippen molar-refractivity contribution in [2.45, 2.75) is 25.3 Å². The first-order valence-corrected chi connectivity index (χ1v) is 8.25. The average molecular weight is 353 g/mol. The number of hydrogen-bond donors (Lipinski definition) is 2. The summed E-state index contributed by atoms with van der Waals surface area (Å²) in [7, 11) is 0. The molecular weight excluding hydrogens is 332 g/mol. The Morgan fingerprint density at radius 3 is 2.76 bits per heavy atom. The molecule has 1 aromatic rings. The van der Waals surface area contributed by atoms with E-state index in [-0.39, 0.29) is 5.84 Å². The summed E-state index contributed by atoms with van der Waals surface area (Å²) in [5.41, 5.74) is 7.65. The molecule has 0 aliphatic carbocycles. The van der Waals surface area contributed by atoms with Gasteiger partial charge < -0.3 is 15.8 Å². The van der Waals surface area contributed by atoms with E-state index in [2.05, 4.69) is 37.0 Å². The maximum Gasteiger partial charge on any atom is 0.172 e. The Morgan fingerprint density at radius 2 is 2.05 bits per heavy atom. The fourth-order valence-electron chi connectivity index (χ4n) is 3.40. The lowest BCUT2D eigenvalue weighted by Crippen LogP contribution is -2.35. The number of hydrogen-bond acceptors (Lipinski definition) is 4. The molecule has 3 N–H and O–H groups in total. The van der Waals surface area contributed by atoms with Crippen molar-refractivity contribution in [1.82, 2.24) is 4.90 Å². The zero-order valence-electron chi connectivity index (χ0n) is 12.0. The van der Waals surface area contributed by atoms with Crippen molar-refractivity contribution in [3.8, 4) is 0 Å². The molecule has 2 heterocycles. The van der Waals surface area contributed by atoms with Crippen LogP contribution in [0.4, 0.5) is 5.69 Å². The molecule has 5 nitrogen and oxygen atoms in total. The van der Waals surface area contributed by atoms with Crippen LogP contribution < -0.4 is 10.6 Å². The molecule has 0 radical (unpaired) electrons. The second-order valence-corrected chi connectivity index (χ2v) is 6.69. The maximum atomic E-state index is 8.97. The number of rotatable bonds is 3. The first kappa shape index (κ1) is 14.7. The van der Waals surface area contributed by atoms with Gasteiger partial charge in [0.25, 0.3) is 0 Å². The normalized spacial score (nSPS) is 24.0. The molecule has 0 amide bonds. The number of oxime groups is 1. The summed E-state index contributed by atoms with van der Waals surface area (Å²) < 4.78 is 1.01. The van der Waals surface area contributed by atoms with Gasteiger partial charge in [-0.1, -0.05) is 21.1 Å². The minimum absolute atomic E-state index is 0.169. The van der Waals surface area contributed by atoms with Crippen molar-refractivity contribution in [1.29, 1.82) is 0 Å². The molecule has 2 aliphatic heterocycles. The van der Waals surface area contributed by atoms with Gasteiger partial charge in [-0.15, -0.1) is 0 Å². The van der Waals surface area contributed by atoms with Crippen LogP contribution in [0.15, 0.2) is 27.8 Å². The first-order valence-electron chi connectivity index (χ1n) is 7.45. The molecule has 2 saturated heterocycles. The standard InChI is InChI=1S/C15H21BrN4O/c16-11-3-4-13(15(17)18-21)14(9-11)20-8-5-12(10-20)19-6-1-2-7-19/h3-4,9,12,21H,1-2,5-8,10H2,(H2,17,18). The maximum absolute atomic E-state index is 8.97. The highest BCUT2D eigenvalue weighted by atomic mass is 79.9. The molecule has 3 rings (SSSR count). The van der Waals surface area contributed by atoms with Crippen molar-refractivity contribution >= 4 is 27.5 Å². The summed E-state index contributed by atoms with van der Waals surface area (Å²) in [6.45, 7) is 4.49. The lowest BCUT2D eigenvalue weighted by atomic mass is 10.1. The molecule has 1 aromatic carbocycles. The van der Waals surface area contributed by atoms with E-state index in [9.17, 15) is 0 Å². The number of likely N-dealkylation sites (tertiary alicyclic amines) is 1. The highest BCUT2D eigenvalue weighted by molar-refractivity contribution is 9.10. The largest absolute Gasteiger partial charge is 0.409 e. The average Bonchev–Trinajstić information content (AvgIpc) is 3.17. The molecule has 2 aliphatic rings. The number of nitrogens with zero attached hydrogens (tertiary/aromatic N) is 3. The number of benzene rings is 1. The Kier molecular flexibility index (Phi) is 4.35. The van der Waals surface area contributed by atoms with Crippen molar-refractivity contribution in [2.24, 2.45) is 10.9 Å². The van der Waals surface area contributed by atoms with Crippen LogP contribution in [-0.2, 0) is 0 Å². The van der Waals surface area contributed by atoms with Gasteiger partial charge in [0.1, 0.15) is 0 Å². The Morgan fingerprint density at radius 1 is 1.29 bits per heavy atom. The Hall–Kier alpha value is -1.27. The van der Waals surface area contributed by atoms with Crippen LogP contribution in [0.1, 0.15) is 24.8 Å². The van der Waals surface area contributed by atoms with Crippen molar-refractivity contribution in [2.75, 3.05) is 31.1 Å². The van der Waals surface area contributed by atoms with Crippen LogP contribution >= 0.6 is 15.9 Å². The van der Waals surface area contributed by atoms with Crippen LogP contribution in [0.2, 0.25) is 0 Å². The summed E-state index contributed by atoms with van der Waals surface area (Å²) in [5.74, 6) is 0.169. The zero-order chi connectivity index (χ0) is 14.8. The van der Waals surface area contributed by atoms with E-state index in [0.717, 1.165) is 28.8 Å². The van der Waals surface area contributed by atoms with E-state index < -0.39 is 0 Å². The third-order valence-electron chi connectivity index (χ3n) is 4.50. The molecule has 0 aromatic heterocycles. The molecule has 0 bridgehead atoms. The van der Waals surface area contributed by atoms with Crippen molar-refractivity contribution in [3.05, 3.63) is 28.2 Å². The Balaban J connectivity index is 1.82. The number of halogens is 1. The van der Waals surface area contributed by atoms with Crippen LogP contribution in [0.3, 0.4) is 0 Å². The van der Waals surface area contributed by atoms with Crippen molar-refractivity contribution in [3.63, 3.8) is 0 Å². The van der Waals surface area contributed by atoms with Gasteiger partial charge in [0.15, 0.2) is 5.84 Å². The van der Waals surface area contributed by atoms with Crippen LogP contribution in [0, 0.1) is 0 Å². The summed E-state index contributed by atoms with van der Waals surface area (Å²) in [5, 5.41) is 12.1. The van der Waals surface area contributed by atoms with Gasteiger partial charge in [0.2, 0.25) is 0 Å². The lowest BCUT2D eigenvalue weighted by Gasteiger charge is -2.25. The summed E-state index contributed by atoms with van der Waals surface area (Å²) >= 11 is 3.52. The monoisotopic (exact) mass is 352 g/mol. The lowest BCUT2D eigenvalue weighted by molar-refractivity contribution is 0.260. The smallest absolute Gasteiger partial charge is 0.172 e. The van der Waals surface area contributed by atoms with Gasteiger partial charge in [-0.3, -0.25) is 4.90 Å². The minimum atomic E-state index is 0.169. The molecule has 2 fully saturated rings. The van der Waals surface area contributed by atoms with Crippen molar-refractivity contribution < 1.29 is 5.21 Å². The molecule has 0 saturated carbocycles. The Bertz CT molecular complexity index is 542. The molecule has 0 spiro atoms. The molecular formula is C15H21BrN4O. The topological polar surface area (TPSA) is 65.1 Å². The SMILES string of the molecule is N/C(=N/O)c1ccc(Br)cc1N1CCC(N2CCCC2)C1. The van der Waals surface area contributed by atoms with E-state index in [1.165, 1.54) is 32.4 Å². The molecule has 21 heavy (non-hydrogen) atoms. The van der Waals surface area contributed by atoms with Gasteiger partial charge in [0.05, 0.1) is 0 Å². The van der Waals surface area contributed by atoms with Gasteiger partial charge in [-0.25, -0.2) is 0 Å². The summed E-state index contributed by atoms with van der Waals surface area (Å²) in [4.78, 5) is 4.95. The second kappa shape index (κ2) is 6.23. The Labute approximate surface area is 133 Å². The zero-order valence-corrected chi connectivity index (χ0v) is 13.6. The second-order valence-electron chi connectivity index (χ2n) is 5.78. The van der Waals surface area contributed by atoms with Gasteiger partial charge in [0, 0.05) is 34.9 Å². The number of nitrogens with two attached hydrogens (primary N) is 1. The first-order chi connectivity index (χ1) is 10.2. The van der Waals surface area contributed by atoms with Crippen LogP contribution in [-0.4, -0.2) is 48.2 Å². The van der Waals surface area contributed by atoms with E-state index >= 15 is 0 Å². The number of amidine groups is 1. The third-order valence-corrected chi connectivity index (χ3v) is 5.00. The fraction of sp³-hybridized carbons (Fsp3) is 0.533. The molecule has 1 unspecified atom stereocenters. The van der Waals surface area contributed by atoms with E-state index in [1.807, 2.05) is 12.1 Å². The van der Waals surface area contributed by atoms with Crippen LogP contribution in [0.5, 0.6) is 0 Å². The van der Waals surface area contributed by atoms with Gasteiger partial charge >= 0.3 is 0 Å². The highest BCUT2D eigenvalue weighted by Crippen LogP contribution is 2.30. The van der Waals surface area contributed by atoms with Crippen LogP contribution in [0.25, 0.3) is 0 Å². The highest BCUT2D eigenvalue weighted by Gasteiger charge is 2.30. The summed E-state index contributed by atoms with van der Waals surface area (Å²) in [6, 6.07) is 6.51. The summed E-state index contributed by atoms with van der Waals surface area (Å²) in [6.07, 6.45) is 3.83.